The van der Waals surface area contributed by atoms with E-state index in [1.54, 1.807) is 0 Å². The van der Waals surface area contributed by atoms with E-state index in [0.29, 0.717) is 19.2 Å². The highest BCUT2D eigenvalue weighted by molar-refractivity contribution is 5.83. The van der Waals surface area contributed by atoms with Crippen LogP contribution < -0.4 is 5.32 Å². The first kappa shape index (κ1) is 13.6. The number of urea groups is 1. The van der Waals surface area contributed by atoms with Crippen molar-refractivity contribution in [3.63, 3.8) is 0 Å². The predicted octanol–water partition coefficient (Wildman–Crippen LogP) is -0.282. The number of fused-ring (bicyclic) bond motifs is 1. The van der Waals surface area contributed by atoms with Gasteiger partial charge in [0.1, 0.15) is 0 Å². The van der Waals surface area contributed by atoms with Gasteiger partial charge in [0.15, 0.2) is 6.04 Å². The number of rotatable bonds is 2. The molecule has 0 aromatic rings. The third-order valence-electron chi connectivity index (χ3n) is 4.59. The Labute approximate surface area is 117 Å². The fraction of sp³-hybridized carbons (Fsp3) is 0.846. The van der Waals surface area contributed by atoms with Gasteiger partial charge in [-0.3, -0.25) is 4.90 Å². The van der Waals surface area contributed by atoms with Crippen LogP contribution >= 0.6 is 0 Å². The molecular formula is C13H21N3O4. The number of carboxylic acids is 1. The third kappa shape index (κ3) is 2.47. The summed E-state index contributed by atoms with van der Waals surface area (Å²) < 4.78 is 5.15. The van der Waals surface area contributed by atoms with Gasteiger partial charge in [-0.25, -0.2) is 9.59 Å². The Morgan fingerprint density at radius 3 is 2.85 bits per heavy atom. The maximum Gasteiger partial charge on any atom is 0.328 e. The molecule has 3 fully saturated rings. The van der Waals surface area contributed by atoms with E-state index in [0.717, 1.165) is 25.9 Å². The number of ether oxygens (including phenoxy) is 1. The van der Waals surface area contributed by atoms with Gasteiger partial charge in [0.2, 0.25) is 0 Å². The zero-order chi connectivity index (χ0) is 14.1. The fourth-order valence-corrected chi connectivity index (χ4v) is 3.54. The Bertz CT molecular complexity index is 403. The molecule has 3 aliphatic heterocycles. The van der Waals surface area contributed by atoms with E-state index >= 15 is 0 Å². The molecule has 3 unspecified atom stereocenters. The van der Waals surface area contributed by atoms with Crippen LogP contribution in [-0.2, 0) is 9.53 Å². The highest BCUT2D eigenvalue weighted by atomic mass is 16.5. The zero-order valence-electron chi connectivity index (χ0n) is 11.5. The van der Waals surface area contributed by atoms with Crippen LogP contribution in [0, 0.1) is 0 Å². The molecule has 0 aromatic carbocycles. The first-order valence-corrected chi connectivity index (χ1v) is 7.28. The van der Waals surface area contributed by atoms with E-state index in [9.17, 15) is 9.59 Å². The highest BCUT2D eigenvalue weighted by Gasteiger charge is 2.40. The molecule has 2 amide bonds. The smallest absolute Gasteiger partial charge is 0.328 e. The summed E-state index contributed by atoms with van der Waals surface area (Å²) in [6.07, 6.45) is 3.27. The molecule has 3 heterocycles. The zero-order valence-corrected chi connectivity index (χ0v) is 11.5. The SMILES string of the molecule is O=C(O)C1COCCN1C(=O)NC1CCN2CCCC12. The molecule has 3 rings (SSSR count). The van der Waals surface area contributed by atoms with E-state index in [-0.39, 0.29) is 18.7 Å². The van der Waals surface area contributed by atoms with E-state index in [4.69, 9.17) is 9.84 Å². The number of hydrogen-bond acceptors (Lipinski definition) is 4. The Morgan fingerprint density at radius 2 is 2.05 bits per heavy atom. The summed E-state index contributed by atoms with van der Waals surface area (Å²) in [5.74, 6) is -1.01. The number of nitrogens with zero attached hydrogens (tertiary/aromatic N) is 2. The summed E-state index contributed by atoms with van der Waals surface area (Å²) in [5, 5.41) is 12.2. The monoisotopic (exact) mass is 283 g/mol. The van der Waals surface area contributed by atoms with Gasteiger partial charge in [0, 0.05) is 25.2 Å². The molecular weight excluding hydrogens is 262 g/mol. The van der Waals surface area contributed by atoms with Crippen molar-refractivity contribution in [2.75, 3.05) is 32.8 Å². The van der Waals surface area contributed by atoms with Gasteiger partial charge in [-0.1, -0.05) is 0 Å². The van der Waals surface area contributed by atoms with Gasteiger partial charge in [-0.15, -0.1) is 0 Å². The van der Waals surface area contributed by atoms with Crippen LogP contribution in [-0.4, -0.2) is 77.9 Å². The minimum absolute atomic E-state index is 0.0724. The second-order valence-corrected chi connectivity index (χ2v) is 5.71. The van der Waals surface area contributed by atoms with Gasteiger partial charge in [0.25, 0.3) is 0 Å². The first-order chi connectivity index (χ1) is 9.66. The number of aliphatic carboxylic acids is 1. The quantitative estimate of drug-likeness (QED) is 0.728. The number of morpholine rings is 1. The summed E-state index contributed by atoms with van der Waals surface area (Å²) in [4.78, 5) is 27.3. The topological polar surface area (TPSA) is 82.1 Å². The molecule has 20 heavy (non-hydrogen) atoms. The van der Waals surface area contributed by atoms with Crippen LogP contribution in [0.4, 0.5) is 4.79 Å². The van der Waals surface area contributed by atoms with E-state index in [1.165, 1.54) is 11.3 Å². The van der Waals surface area contributed by atoms with Crippen LogP contribution in [0.15, 0.2) is 0 Å². The van der Waals surface area contributed by atoms with E-state index in [1.807, 2.05) is 0 Å². The van der Waals surface area contributed by atoms with Gasteiger partial charge in [-0.2, -0.15) is 0 Å². The number of nitrogens with one attached hydrogen (secondary N) is 1. The second-order valence-electron chi connectivity index (χ2n) is 5.71. The van der Waals surface area contributed by atoms with Crippen LogP contribution in [0.2, 0.25) is 0 Å². The van der Waals surface area contributed by atoms with Crippen molar-refractivity contribution in [3.8, 4) is 0 Å². The standard InChI is InChI=1S/C13H21N3O4/c17-12(18)11-8-20-7-6-16(11)13(19)14-9-3-5-15-4-1-2-10(9)15/h9-11H,1-8H2,(H,14,19)(H,17,18). The van der Waals surface area contributed by atoms with E-state index in [2.05, 4.69) is 10.2 Å². The van der Waals surface area contributed by atoms with Crippen LogP contribution in [0.5, 0.6) is 0 Å². The highest BCUT2D eigenvalue weighted by Crippen LogP contribution is 2.28. The van der Waals surface area contributed by atoms with Crippen molar-refractivity contribution in [2.45, 2.75) is 37.4 Å². The Kier molecular flexibility index (Phi) is 3.80. The molecule has 0 aromatic heterocycles. The minimum Gasteiger partial charge on any atom is -0.480 e. The lowest BCUT2D eigenvalue weighted by Gasteiger charge is -2.34. The molecule has 112 valence electrons. The van der Waals surface area contributed by atoms with Gasteiger partial charge >= 0.3 is 12.0 Å². The maximum atomic E-state index is 12.3. The molecule has 0 saturated carbocycles. The molecule has 3 aliphatic rings. The van der Waals surface area contributed by atoms with Gasteiger partial charge in [0.05, 0.1) is 13.2 Å². The fourth-order valence-electron chi connectivity index (χ4n) is 3.54. The number of carbonyl (C=O) groups excluding carboxylic acids is 1. The summed E-state index contributed by atoms with van der Waals surface area (Å²) in [7, 11) is 0. The lowest BCUT2D eigenvalue weighted by Crippen LogP contribution is -2.58. The number of hydrogen-bond donors (Lipinski definition) is 2. The molecule has 2 N–H and O–H groups in total. The van der Waals surface area contributed by atoms with Gasteiger partial charge < -0.3 is 20.1 Å². The van der Waals surface area contributed by atoms with Crippen LogP contribution in [0.1, 0.15) is 19.3 Å². The maximum absolute atomic E-state index is 12.3. The molecule has 0 bridgehead atoms. The molecule has 7 nitrogen and oxygen atoms in total. The van der Waals surface area contributed by atoms with Gasteiger partial charge in [-0.05, 0) is 25.8 Å². The summed E-state index contributed by atoms with van der Waals surface area (Å²) in [6, 6.07) is -0.546. The molecule has 3 saturated heterocycles. The average Bonchev–Trinajstić information content (AvgIpc) is 3.03. The molecule has 0 spiro atoms. The largest absolute Gasteiger partial charge is 0.480 e. The molecule has 7 heteroatoms. The molecule has 0 aliphatic carbocycles. The van der Waals surface area contributed by atoms with Crippen molar-refractivity contribution in [1.29, 1.82) is 0 Å². The van der Waals surface area contributed by atoms with Crippen molar-refractivity contribution in [2.24, 2.45) is 0 Å². The number of carboxylic acid groups (broad SMARTS) is 1. The Balaban J connectivity index is 1.61. The second kappa shape index (κ2) is 5.57. The normalized spacial score (nSPS) is 34.0. The van der Waals surface area contributed by atoms with Crippen LogP contribution in [0.3, 0.4) is 0 Å². The first-order valence-electron chi connectivity index (χ1n) is 7.28. The van der Waals surface area contributed by atoms with Crippen molar-refractivity contribution in [3.05, 3.63) is 0 Å². The van der Waals surface area contributed by atoms with Crippen molar-refractivity contribution in [1.82, 2.24) is 15.1 Å². The summed E-state index contributed by atoms with van der Waals surface area (Å²) in [5.41, 5.74) is 0. The summed E-state index contributed by atoms with van der Waals surface area (Å²) in [6.45, 7) is 2.96. The lowest BCUT2D eigenvalue weighted by molar-refractivity contribution is -0.147. The molecule has 0 radical (unpaired) electrons. The molecule has 3 atom stereocenters. The Hall–Kier alpha value is -1.34. The average molecular weight is 283 g/mol. The number of amides is 2. The van der Waals surface area contributed by atoms with Crippen LogP contribution in [0.25, 0.3) is 0 Å². The third-order valence-corrected chi connectivity index (χ3v) is 4.59. The Morgan fingerprint density at radius 1 is 1.20 bits per heavy atom. The minimum atomic E-state index is -1.01. The van der Waals surface area contributed by atoms with E-state index < -0.39 is 12.0 Å². The number of carbonyl (C=O) groups is 2. The predicted molar refractivity (Wildman–Crippen MR) is 70.5 cm³/mol. The van der Waals surface area contributed by atoms with Crippen molar-refractivity contribution < 1.29 is 19.4 Å². The van der Waals surface area contributed by atoms with Crippen molar-refractivity contribution >= 4 is 12.0 Å². The lowest BCUT2D eigenvalue weighted by atomic mass is 10.1. The summed E-state index contributed by atoms with van der Waals surface area (Å²) >= 11 is 0.